The summed E-state index contributed by atoms with van der Waals surface area (Å²) in [5.74, 6) is 1.40. The van der Waals surface area contributed by atoms with Gasteiger partial charge in [-0.15, -0.1) is 0 Å². The number of aromatic nitrogens is 6. The first-order valence-corrected chi connectivity index (χ1v) is 13.0. The van der Waals surface area contributed by atoms with Crippen molar-refractivity contribution in [1.29, 1.82) is 0 Å². The summed E-state index contributed by atoms with van der Waals surface area (Å²) < 4.78 is 27.4. The lowest BCUT2D eigenvalue weighted by atomic mass is 10.1. The fourth-order valence-electron chi connectivity index (χ4n) is 5.15. The number of hydrogen-bond donors (Lipinski definition) is 1. The van der Waals surface area contributed by atoms with Crippen LogP contribution in [0.15, 0.2) is 67.7 Å². The van der Waals surface area contributed by atoms with Crippen LogP contribution in [0.25, 0.3) is 16.7 Å². The Bertz CT molecular complexity index is 1840. The van der Waals surface area contributed by atoms with Crippen molar-refractivity contribution < 1.29 is 18.7 Å². The third-order valence-electron chi connectivity index (χ3n) is 7.18. The van der Waals surface area contributed by atoms with Crippen LogP contribution in [-0.2, 0) is 4.79 Å². The molecule has 1 atom stereocenters. The number of nitrogens with zero attached hydrogens (tertiary/aromatic N) is 8. The van der Waals surface area contributed by atoms with Crippen molar-refractivity contribution >= 4 is 39.9 Å². The Labute approximate surface area is 233 Å². The molecule has 0 unspecified atom stereocenters. The number of rotatable bonds is 5. The minimum absolute atomic E-state index is 0.215. The predicted molar refractivity (Wildman–Crippen MR) is 148 cm³/mol. The summed E-state index contributed by atoms with van der Waals surface area (Å²) in [6.07, 6.45) is 4.75. The highest BCUT2D eigenvalue weighted by Crippen LogP contribution is 2.36. The van der Waals surface area contributed by atoms with Gasteiger partial charge in [0.1, 0.15) is 36.3 Å². The minimum atomic E-state index is -0.974. The van der Waals surface area contributed by atoms with Gasteiger partial charge in [-0.3, -0.25) is 4.79 Å². The van der Waals surface area contributed by atoms with Crippen molar-refractivity contribution in [1.82, 2.24) is 34.4 Å². The van der Waals surface area contributed by atoms with Gasteiger partial charge < -0.3 is 24.6 Å². The normalized spacial score (nSPS) is 16.2. The second-order valence-corrected chi connectivity index (χ2v) is 9.85. The maximum Gasteiger partial charge on any atom is 0.282 e. The van der Waals surface area contributed by atoms with E-state index < -0.39 is 11.7 Å². The van der Waals surface area contributed by atoms with Crippen LogP contribution >= 0.6 is 0 Å². The lowest BCUT2D eigenvalue weighted by Crippen LogP contribution is -2.56. The maximum absolute atomic E-state index is 13.6. The molecule has 0 saturated carbocycles. The van der Waals surface area contributed by atoms with Crippen molar-refractivity contribution in [2.24, 2.45) is 0 Å². The molecular formula is C28H24FN9O3. The number of carbonyl (C=O) groups excluding carboxylic acids is 1. The average Bonchev–Trinajstić information content (AvgIpc) is 3.39. The summed E-state index contributed by atoms with van der Waals surface area (Å²) in [7, 11) is 0. The average molecular weight is 554 g/mol. The van der Waals surface area contributed by atoms with Crippen molar-refractivity contribution in [2.75, 3.05) is 36.5 Å². The Morgan fingerprint density at radius 2 is 2.05 bits per heavy atom. The molecule has 1 saturated heterocycles. The monoisotopic (exact) mass is 553 g/mol. The molecule has 2 aliphatic rings. The van der Waals surface area contributed by atoms with Crippen LogP contribution < -0.4 is 19.7 Å². The summed E-state index contributed by atoms with van der Waals surface area (Å²) in [6, 6.07) is 10.9. The highest BCUT2D eigenvalue weighted by atomic mass is 19.1. The number of amides is 1. The first kappa shape index (κ1) is 24.7. The van der Waals surface area contributed by atoms with Crippen LogP contribution in [0, 0.1) is 6.92 Å². The quantitative estimate of drug-likeness (QED) is 0.322. The Morgan fingerprint density at radius 3 is 2.90 bits per heavy atom. The molecule has 6 heterocycles. The number of halogens is 1. The van der Waals surface area contributed by atoms with E-state index in [-0.39, 0.29) is 12.6 Å². The third-order valence-corrected chi connectivity index (χ3v) is 7.18. The predicted octanol–water partition coefficient (Wildman–Crippen LogP) is 3.80. The number of nitrogens with one attached hydrogen (secondary N) is 1. The van der Waals surface area contributed by atoms with Crippen molar-refractivity contribution in [3.8, 4) is 17.2 Å². The summed E-state index contributed by atoms with van der Waals surface area (Å²) in [5.41, 5.74) is 3.59. The molecule has 7 rings (SSSR count). The van der Waals surface area contributed by atoms with Gasteiger partial charge in [-0.05, 0) is 36.8 Å². The number of benzene rings is 1. The van der Waals surface area contributed by atoms with Crippen molar-refractivity contribution in [3.63, 3.8) is 0 Å². The van der Waals surface area contributed by atoms with Crippen LogP contribution in [0.5, 0.6) is 17.2 Å². The summed E-state index contributed by atoms with van der Waals surface area (Å²) in [5, 5.41) is 7.46. The number of aryl methyl sites for hydroxylation is 1. The van der Waals surface area contributed by atoms with Gasteiger partial charge in [0.25, 0.3) is 5.91 Å². The van der Waals surface area contributed by atoms with Crippen molar-refractivity contribution in [3.05, 3.63) is 73.2 Å². The molecule has 1 N–H and O–H groups in total. The van der Waals surface area contributed by atoms with E-state index in [2.05, 4.69) is 31.9 Å². The largest absolute Gasteiger partial charge is 0.487 e. The molecule has 2 aliphatic heterocycles. The first-order valence-electron chi connectivity index (χ1n) is 13.0. The topological polar surface area (TPSA) is 123 Å². The van der Waals surface area contributed by atoms with Gasteiger partial charge in [0, 0.05) is 43.7 Å². The lowest BCUT2D eigenvalue weighted by molar-refractivity contribution is -0.131. The van der Waals surface area contributed by atoms with Gasteiger partial charge in [0.15, 0.2) is 28.9 Å². The number of piperazine rings is 1. The molecule has 0 aliphatic carbocycles. The Balaban J connectivity index is 1.14. The van der Waals surface area contributed by atoms with Gasteiger partial charge >= 0.3 is 0 Å². The standard InChI is InChI=1S/C28H24FN9O3/c1-16-9-18(3-4-22(16)41-20-5-6-38-24(10-20)31-15-33-38)34-26-25-21(30-14-32-26)11-23-27(35-25)36-7-8-37(28(39)17(2)29)19(12-36)13-40-23/h3-6,9-11,14-15,19H,2,7-8,12-13H2,1H3,(H,30,32,34)/t19-/m0/s1. The molecule has 0 spiro atoms. The number of carbonyl (C=O) groups is 1. The van der Waals surface area contributed by atoms with Crippen LogP contribution in [0.2, 0.25) is 0 Å². The highest BCUT2D eigenvalue weighted by molar-refractivity contribution is 5.92. The second kappa shape index (κ2) is 9.70. The zero-order chi connectivity index (χ0) is 28.1. The molecule has 2 bridgehead atoms. The van der Waals surface area contributed by atoms with E-state index in [0.717, 1.165) is 11.3 Å². The van der Waals surface area contributed by atoms with Crippen LogP contribution in [0.3, 0.4) is 0 Å². The van der Waals surface area contributed by atoms with Crippen LogP contribution in [-0.4, -0.2) is 72.6 Å². The number of ether oxygens (including phenoxy) is 2. The third kappa shape index (κ3) is 4.50. The van der Waals surface area contributed by atoms with E-state index in [1.165, 1.54) is 17.6 Å². The highest BCUT2D eigenvalue weighted by Gasteiger charge is 2.36. The first-order chi connectivity index (χ1) is 19.9. The van der Waals surface area contributed by atoms with E-state index in [1.807, 2.05) is 48.2 Å². The molecule has 4 aromatic heterocycles. The number of fused-ring (bicyclic) bond motifs is 6. The van der Waals surface area contributed by atoms with Gasteiger partial charge in [-0.2, -0.15) is 5.10 Å². The van der Waals surface area contributed by atoms with E-state index in [0.29, 0.717) is 65.2 Å². The molecule has 41 heavy (non-hydrogen) atoms. The SMILES string of the molecule is C=C(F)C(=O)N1CCN2C[C@H]1COc1cc3ncnc(Nc4ccc(Oc5ccn6ncnc6c5)c(C)c4)c3nc12. The van der Waals surface area contributed by atoms with E-state index in [9.17, 15) is 9.18 Å². The Hall–Kier alpha value is -5.33. The number of pyridine rings is 2. The van der Waals surface area contributed by atoms with Gasteiger partial charge in [0.05, 0.1) is 11.6 Å². The lowest BCUT2D eigenvalue weighted by Gasteiger charge is -2.39. The molecule has 1 amide bonds. The Morgan fingerprint density at radius 1 is 1.15 bits per heavy atom. The van der Waals surface area contributed by atoms with Gasteiger partial charge in [0.2, 0.25) is 0 Å². The van der Waals surface area contributed by atoms with Crippen molar-refractivity contribution in [2.45, 2.75) is 13.0 Å². The number of hydrogen-bond acceptors (Lipinski definition) is 10. The molecule has 0 radical (unpaired) electrons. The summed E-state index contributed by atoms with van der Waals surface area (Å²) >= 11 is 0. The minimum Gasteiger partial charge on any atom is -0.487 e. The fourth-order valence-corrected chi connectivity index (χ4v) is 5.15. The molecule has 1 fully saturated rings. The Kier molecular flexibility index (Phi) is 5.84. The molecule has 5 aromatic rings. The summed E-state index contributed by atoms with van der Waals surface area (Å²) in [6.45, 7) is 6.61. The summed E-state index contributed by atoms with van der Waals surface area (Å²) in [4.78, 5) is 33.8. The molecule has 1 aromatic carbocycles. The second-order valence-electron chi connectivity index (χ2n) is 9.85. The zero-order valence-corrected chi connectivity index (χ0v) is 22.0. The maximum atomic E-state index is 13.6. The van der Waals surface area contributed by atoms with Crippen LogP contribution in [0.1, 0.15) is 5.56 Å². The van der Waals surface area contributed by atoms with Gasteiger partial charge in [-0.1, -0.05) is 6.58 Å². The smallest absolute Gasteiger partial charge is 0.282 e. The molecule has 206 valence electrons. The molecule has 13 heteroatoms. The van der Waals surface area contributed by atoms with E-state index in [1.54, 1.807) is 10.7 Å². The number of anilines is 3. The van der Waals surface area contributed by atoms with E-state index >= 15 is 0 Å². The molecular weight excluding hydrogens is 529 g/mol. The molecule has 12 nitrogen and oxygen atoms in total. The van der Waals surface area contributed by atoms with Crippen LogP contribution in [0.4, 0.5) is 21.7 Å². The van der Waals surface area contributed by atoms with E-state index in [4.69, 9.17) is 14.5 Å². The van der Waals surface area contributed by atoms with Gasteiger partial charge in [-0.25, -0.2) is 28.8 Å². The fraction of sp³-hybridized carbons (Fsp3) is 0.214. The zero-order valence-electron chi connectivity index (χ0n) is 22.0.